The van der Waals surface area contributed by atoms with Crippen molar-refractivity contribution in [2.45, 2.75) is 30.7 Å². The number of hydrogen-bond donors (Lipinski definition) is 1. The normalized spacial score (nSPS) is 23.7. The van der Waals surface area contributed by atoms with Crippen LogP contribution in [0.2, 0.25) is 0 Å². The van der Waals surface area contributed by atoms with Crippen molar-refractivity contribution >= 4 is 55.0 Å². The van der Waals surface area contributed by atoms with Gasteiger partial charge in [0.2, 0.25) is 5.90 Å². The Morgan fingerprint density at radius 3 is 2.31 bits per heavy atom. The molecule has 0 bridgehead atoms. The van der Waals surface area contributed by atoms with Crippen LogP contribution >= 0.6 is 31.9 Å². The van der Waals surface area contributed by atoms with Crippen LogP contribution in [0.1, 0.15) is 17.5 Å². The van der Waals surface area contributed by atoms with Crippen LogP contribution < -0.4 is 5.32 Å². The highest BCUT2D eigenvalue weighted by molar-refractivity contribution is 9.10. The lowest BCUT2D eigenvalue weighted by atomic mass is 10.0. The average Bonchev–Trinajstić information content (AvgIpc) is 2.96. The zero-order chi connectivity index (χ0) is 18.7. The van der Waals surface area contributed by atoms with Gasteiger partial charge in [-0.25, -0.2) is 4.99 Å². The Kier molecular flexibility index (Phi) is 5.82. The van der Waals surface area contributed by atoms with Crippen LogP contribution in [0.25, 0.3) is 0 Å². The van der Waals surface area contributed by atoms with E-state index in [9.17, 15) is 4.79 Å². The summed E-state index contributed by atoms with van der Waals surface area (Å²) in [7, 11) is 0. The largest absolute Gasteiger partial charge is 0.475 e. The maximum Gasteiger partial charge on any atom is 0.250 e. The summed E-state index contributed by atoms with van der Waals surface area (Å²) in [5.74, 6) is 0.200. The SMILES string of the molecule is Cc1ccc(N=C2O[C@@H](CBr)C[C@@]2(Br)C(=O)Nc2ccc(C)cc2)cc1. The zero-order valence-electron chi connectivity index (χ0n) is 14.6. The van der Waals surface area contributed by atoms with Crippen LogP contribution in [0, 0.1) is 13.8 Å². The van der Waals surface area contributed by atoms with Crippen LogP contribution in [0.4, 0.5) is 11.4 Å². The summed E-state index contributed by atoms with van der Waals surface area (Å²) in [6.07, 6.45) is 0.378. The van der Waals surface area contributed by atoms with Gasteiger partial charge in [0.25, 0.3) is 5.91 Å². The monoisotopic (exact) mass is 478 g/mol. The van der Waals surface area contributed by atoms with E-state index >= 15 is 0 Å². The molecule has 136 valence electrons. The third kappa shape index (κ3) is 4.18. The van der Waals surface area contributed by atoms with E-state index in [1.165, 1.54) is 0 Å². The molecule has 2 aromatic carbocycles. The molecule has 1 fully saturated rings. The molecule has 0 unspecified atom stereocenters. The number of alkyl halides is 2. The fourth-order valence-electron chi connectivity index (χ4n) is 2.69. The number of halogens is 2. The van der Waals surface area contributed by atoms with Gasteiger partial charge in [-0.2, -0.15) is 0 Å². The third-order valence-corrected chi connectivity index (χ3v) is 5.98. The molecule has 0 aromatic heterocycles. The highest BCUT2D eigenvalue weighted by atomic mass is 79.9. The summed E-state index contributed by atoms with van der Waals surface area (Å²) in [6.45, 7) is 4.03. The molecule has 0 spiro atoms. The third-order valence-electron chi connectivity index (χ3n) is 4.23. The first kappa shape index (κ1) is 19.1. The molecule has 0 radical (unpaired) electrons. The van der Waals surface area contributed by atoms with Gasteiger partial charge in [0.1, 0.15) is 6.10 Å². The molecule has 1 aliphatic rings. The number of nitrogens with zero attached hydrogens (tertiary/aromatic N) is 1. The summed E-state index contributed by atoms with van der Waals surface area (Å²) >= 11 is 7.06. The predicted octanol–water partition coefficient (Wildman–Crippen LogP) is 5.29. The molecule has 1 heterocycles. The van der Waals surface area contributed by atoms with Gasteiger partial charge in [0, 0.05) is 17.4 Å². The second-order valence-electron chi connectivity index (χ2n) is 6.47. The van der Waals surface area contributed by atoms with Crippen molar-refractivity contribution in [1.29, 1.82) is 0 Å². The van der Waals surface area contributed by atoms with Gasteiger partial charge in [-0.05, 0) is 38.1 Å². The van der Waals surface area contributed by atoms with E-state index in [0.29, 0.717) is 17.6 Å². The molecule has 1 amide bonds. The molecule has 0 aliphatic carbocycles. The second kappa shape index (κ2) is 7.92. The Morgan fingerprint density at radius 1 is 1.15 bits per heavy atom. The molecule has 1 N–H and O–H groups in total. The van der Waals surface area contributed by atoms with Gasteiger partial charge in [0.05, 0.1) is 5.69 Å². The van der Waals surface area contributed by atoms with Crippen molar-refractivity contribution in [3.63, 3.8) is 0 Å². The Hall–Kier alpha value is -1.66. The van der Waals surface area contributed by atoms with E-state index in [-0.39, 0.29) is 12.0 Å². The summed E-state index contributed by atoms with van der Waals surface area (Å²) in [6, 6.07) is 15.5. The first-order chi connectivity index (χ1) is 12.4. The topological polar surface area (TPSA) is 50.7 Å². The van der Waals surface area contributed by atoms with E-state index in [1.807, 2.05) is 62.4 Å². The fourth-order valence-corrected chi connectivity index (χ4v) is 3.69. The van der Waals surface area contributed by atoms with Crippen LogP contribution in [0.5, 0.6) is 0 Å². The Bertz CT molecular complexity index is 819. The van der Waals surface area contributed by atoms with Gasteiger partial charge in [-0.1, -0.05) is 67.3 Å². The van der Waals surface area contributed by atoms with Crippen molar-refractivity contribution in [3.8, 4) is 0 Å². The minimum Gasteiger partial charge on any atom is -0.475 e. The number of aryl methyl sites for hydroxylation is 2. The molecule has 6 heteroatoms. The highest BCUT2D eigenvalue weighted by Gasteiger charge is 2.51. The molecule has 2 aromatic rings. The minimum absolute atomic E-state index is 0.123. The molecule has 1 aliphatic heterocycles. The van der Waals surface area contributed by atoms with Gasteiger partial charge in [-0.3, -0.25) is 4.79 Å². The number of carbonyl (C=O) groups excluding carboxylic acids is 1. The Balaban J connectivity index is 1.88. The van der Waals surface area contributed by atoms with Crippen molar-refractivity contribution in [3.05, 3.63) is 59.7 Å². The molecular weight excluding hydrogens is 460 g/mol. The number of benzene rings is 2. The first-order valence-corrected chi connectivity index (χ1v) is 10.3. The number of amides is 1. The smallest absolute Gasteiger partial charge is 0.250 e. The van der Waals surface area contributed by atoms with Gasteiger partial charge in [-0.15, -0.1) is 0 Å². The van der Waals surface area contributed by atoms with Crippen LogP contribution in [-0.4, -0.2) is 27.6 Å². The maximum absolute atomic E-state index is 13.0. The van der Waals surface area contributed by atoms with E-state index in [0.717, 1.165) is 22.5 Å². The molecule has 3 rings (SSSR count). The van der Waals surface area contributed by atoms with E-state index < -0.39 is 4.32 Å². The highest BCUT2D eigenvalue weighted by Crippen LogP contribution is 2.38. The van der Waals surface area contributed by atoms with Crippen molar-refractivity contribution in [2.75, 3.05) is 10.6 Å². The molecule has 0 saturated carbocycles. The number of aliphatic imine (C=N–C) groups is 1. The summed E-state index contributed by atoms with van der Waals surface area (Å²) in [4.78, 5) is 17.6. The lowest BCUT2D eigenvalue weighted by Gasteiger charge is -2.19. The number of hydrogen-bond acceptors (Lipinski definition) is 3. The summed E-state index contributed by atoms with van der Waals surface area (Å²) < 4.78 is 4.93. The Morgan fingerprint density at radius 2 is 1.73 bits per heavy atom. The number of nitrogens with one attached hydrogen (secondary N) is 1. The lowest BCUT2D eigenvalue weighted by molar-refractivity contribution is -0.116. The minimum atomic E-state index is -0.999. The number of ether oxygens (including phenoxy) is 1. The second-order valence-corrected chi connectivity index (χ2v) is 8.47. The zero-order valence-corrected chi connectivity index (χ0v) is 17.8. The molecule has 4 nitrogen and oxygen atoms in total. The molecular formula is C20H20Br2N2O2. The standard InChI is InChI=1S/C20H20Br2N2O2/c1-13-3-7-15(8-4-13)23-18(25)20(22)11-17(12-21)26-19(20)24-16-9-5-14(2)6-10-16/h3-10,17H,11-12H2,1-2H3,(H,23,25)/t17-,20-/m1/s1. The summed E-state index contributed by atoms with van der Waals surface area (Å²) in [5.41, 5.74) is 3.80. The van der Waals surface area contributed by atoms with E-state index in [1.54, 1.807) is 0 Å². The molecule has 2 atom stereocenters. The van der Waals surface area contributed by atoms with Crippen LogP contribution in [0.15, 0.2) is 53.5 Å². The van der Waals surface area contributed by atoms with Gasteiger partial charge in [0.15, 0.2) is 4.32 Å². The van der Waals surface area contributed by atoms with Gasteiger partial charge < -0.3 is 10.1 Å². The number of anilines is 1. The number of carbonyl (C=O) groups is 1. The predicted molar refractivity (Wildman–Crippen MR) is 113 cm³/mol. The molecule has 1 saturated heterocycles. The van der Waals surface area contributed by atoms with Crippen molar-refractivity contribution in [1.82, 2.24) is 0 Å². The first-order valence-electron chi connectivity index (χ1n) is 8.36. The molecule has 26 heavy (non-hydrogen) atoms. The van der Waals surface area contributed by atoms with Crippen molar-refractivity contribution in [2.24, 2.45) is 4.99 Å². The van der Waals surface area contributed by atoms with Crippen molar-refractivity contribution < 1.29 is 9.53 Å². The lowest BCUT2D eigenvalue weighted by Crippen LogP contribution is -2.41. The van der Waals surface area contributed by atoms with Gasteiger partial charge >= 0.3 is 0 Å². The van der Waals surface area contributed by atoms with Crippen LogP contribution in [-0.2, 0) is 9.53 Å². The van der Waals surface area contributed by atoms with E-state index in [4.69, 9.17) is 4.74 Å². The van der Waals surface area contributed by atoms with E-state index in [2.05, 4.69) is 42.2 Å². The summed E-state index contributed by atoms with van der Waals surface area (Å²) in [5, 5.41) is 3.59. The Labute approximate surface area is 170 Å². The average molecular weight is 480 g/mol. The quantitative estimate of drug-likeness (QED) is 0.605. The number of rotatable bonds is 4. The maximum atomic E-state index is 13.0. The fraction of sp³-hybridized carbons (Fsp3) is 0.300. The van der Waals surface area contributed by atoms with Crippen LogP contribution in [0.3, 0.4) is 0 Å².